The number of hydrogen-bond donors (Lipinski definition) is 3. The second-order valence-corrected chi connectivity index (χ2v) is 4.47. The third-order valence-electron chi connectivity index (χ3n) is 3.36. The summed E-state index contributed by atoms with van der Waals surface area (Å²) in [6, 6.07) is 1.34. The van der Waals surface area contributed by atoms with Gasteiger partial charge in [-0.15, -0.1) is 0 Å². The van der Waals surface area contributed by atoms with Gasteiger partial charge in [0.1, 0.15) is 18.1 Å². The van der Waals surface area contributed by atoms with Crippen LogP contribution in [0, 0.1) is 5.92 Å². The summed E-state index contributed by atoms with van der Waals surface area (Å²) in [7, 11) is 0. The Morgan fingerprint density at radius 1 is 1.70 bits per heavy atom. The van der Waals surface area contributed by atoms with Gasteiger partial charge >= 0.3 is 5.69 Å². The average Bonchev–Trinajstić information content (AvgIpc) is 2.71. The number of nitrogens with zero attached hydrogens (tertiary/aromatic N) is 3. The van der Waals surface area contributed by atoms with Crippen molar-refractivity contribution in [3.63, 3.8) is 0 Å². The Morgan fingerprint density at radius 3 is 2.90 bits per heavy atom. The number of halogens is 1. The predicted molar refractivity (Wildman–Crippen MR) is 67.9 cm³/mol. The number of hydrogen-bond acceptors (Lipinski definition) is 7. The number of rotatable bonds is 4. The van der Waals surface area contributed by atoms with Gasteiger partial charge in [-0.05, 0) is 12.8 Å². The summed E-state index contributed by atoms with van der Waals surface area (Å²) < 4.78 is 19.5. The van der Waals surface area contributed by atoms with Crippen molar-refractivity contribution >= 4 is 12.5 Å². The van der Waals surface area contributed by atoms with E-state index in [-0.39, 0.29) is 5.82 Å². The zero-order valence-corrected chi connectivity index (χ0v) is 10.5. The molecule has 0 aliphatic carbocycles. The van der Waals surface area contributed by atoms with Crippen LogP contribution in [-0.4, -0.2) is 51.6 Å². The standard InChI is InChI=1S/C11H15FN4O4/c1-14-11(5-17)8(18)6(4-12)9(20-11)16-3-2-7(13)15-10(16)19/h2-3,6,8-9,17-18H,1,4-5H2,(H2,13,15,19)/t6-,8-,9+,11+/m0/s1. The number of aliphatic hydroxyl groups excluding tert-OH is 2. The Kier molecular flexibility index (Phi) is 3.84. The van der Waals surface area contributed by atoms with E-state index in [9.17, 15) is 19.4 Å². The van der Waals surface area contributed by atoms with E-state index in [1.807, 2.05) is 0 Å². The van der Waals surface area contributed by atoms with E-state index < -0.39 is 42.9 Å². The zero-order chi connectivity index (χ0) is 14.9. The Balaban J connectivity index is 2.46. The van der Waals surface area contributed by atoms with Crippen LogP contribution in [0.25, 0.3) is 0 Å². The van der Waals surface area contributed by atoms with Crippen molar-refractivity contribution in [3.8, 4) is 0 Å². The topological polar surface area (TPSA) is 123 Å². The number of alkyl halides is 1. The second-order valence-electron chi connectivity index (χ2n) is 4.47. The van der Waals surface area contributed by atoms with Crippen LogP contribution in [0.4, 0.5) is 10.2 Å². The third-order valence-corrected chi connectivity index (χ3v) is 3.36. The molecule has 4 N–H and O–H groups in total. The lowest BCUT2D eigenvalue weighted by Crippen LogP contribution is -2.43. The number of nitrogens with two attached hydrogens (primary N) is 1. The Morgan fingerprint density at radius 2 is 2.40 bits per heavy atom. The summed E-state index contributed by atoms with van der Waals surface area (Å²) in [5.74, 6) is -1.08. The molecule has 4 atom stereocenters. The second kappa shape index (κ2) is 5.27. The minimum atomic E-state index is -1.76. The predicted octanol–water partition coefficient (Wildman–Crippen LogP) is -1.31. The van der Waals surface area contributed by atoms with E-state index in [0.29, 0.717) is 0 Å². The number of aliphatic imine (C=N–C) groups is 1. The number of anilines is 1. The summed E-state index contributed by atoms with van der Waals surface area (Å²) in [5.41, 5.74) is 2.86. The average molecular weight is 286 g/mol. The molecule has 0 bridgehead atoms. The molecule has 0 spiro atoms. The minimum absolute atomic E-state index is 0.0110. The van der Waals surface area contributed by atoms with Gasteiger partial charge in [-0.2, -0.15) is 4.98 Å². The molecule has 1 aromatic rings. The molecule has 0 aromatic carbocycles. The smallest absolute Gasteiger partial charge is 0.351 e. The van der Waals surface area contributed by atoms with Crippen LogP contribution >= 0.6 is 0 Å². The maximum Gasteiger partial charge on any atom is 0.351 e. The molecule has 2 heterocycles. The first-order chi connectivity index (χ1) is 9.49. The summed E-state index contributed by atoms with van der Waals surface area (Å²) in [6.45, 7) is 1.56. The molecule has 8 nitrogen and oxygen atoms in total. The van der Waals surface area contributed by atoms with E-state index in [4.69, 9.17) is 10.5 Å². The van der Waals surface area contributed by atoms with Crippen molar-refractivity contribution in [3.05, 3.63) is 22.7 Å². The van der Waals surface area contributed by atoms with Crippen LogP contribution in [0.3, 0.4) is 0 Å². The van der Waals surface area contributed by atoms with Crippen molar-refractivity contribution in [1.29, 1.82) is 0 Å². The van der Waals surface area contributed by atoms with Gasteiger partial charge in [-0.3, -0.25) is 13.9 Å². The van der Waals surface area contributed by atoms with E-state index in [2.05, 4.69) is 16.7 Å². The maximum atomic E-state index is 13.2. The van der Waals surface area contributed by atoms with E-state index in [1.165, 1.54) is 12.3 Å². The van der Waals surface area contributed by atoms with Gasteiger partial charge < -0.3 is 20.7 Å². The molecule has 0 saturated carbocycles. The molecule has 0 unspecified atom stereocenters. The molecule has 2 rings (SSSR count). The van der Waals surface area contributed by atoms with Gasteiger partial charge in [0.15, 0.2) is 0 Å². The van der Waals surface area contributed by atoms with Crippen molar-refractivity contribution in [2.24, 2.45) is 10.9 Å². The number of aliphatic hydroxyl groups is 2. The van der Waals surface area contributed by atoms with Crippen LogP contribution in [0.5, 0.6) is 0 Å². The van der Waals surface area contributed by atoms with E-state index in [0.717, 1.165) is 4.57 Å². The first kappa shape index (κ1) is 14.6. The lowest BCUT2D eigenvalue weighted by Gasteiger charge is -2.25. The Labute approximate surface area is 113 Å². The van der Waals surface area contributed by atoms with Crippen LogP contribution in [0.15, 0.2) is 22.1 Å². The van der Waals surface area contributed by atoms with Crippen molar-refractivity contribution in [2.45, 2.75) is 18.1 Å². The van der Waals surface area contributed by atoms with Crippen LogP contribution in [0.1, 0.15) is 6.23 Å². The Bertz CT molecular complexity index is 566. The highest BCUT2D eigenvalue weighted by Crippen LogP contribution is 2.41. The normalized spacial score (nSPS) is 33.2. The SMILES string of the molecule is C=N[C@]1(CO)O[C@@H](n2ccc(N)nc2=O)[C@@H](CF)[C@@H]1O. The monoisotopic (exact) mass is 286 g/mol. The van der Waals surface area contributed by atoms with Crippen molar-refractivity contribution < 1.29 is 19.3 Å². The molecule has 0 amide bonds. The number of aromatic nitrogens is 2. The maximum absolute atomic E-state index is 13.2. The molecule has 0 radical (unpaired) electrons. The molecular weight excluding hydrogens is 271 g/mol. The molecule has 1 aromatic heterocycles. The van der Waals surface area contributed by atoms with Gasteiger partial charge in [0.05, 0.1) is 19.2 Å². The molecule has 110 valence electrons. The third kappa shape index (κ3) is 2.09. The van der Waals surface area contributed by atoms with Gasteiger partial charge in [-0.25, -0.2) is 4.79 Å². The largest absolute Gasteiger partial charge is 0.391 e. The number of nitrogen functional groups attached to an aromatic ring is 1. The van der Waals surface area contributed by atoms with Crippen LogP contribution in [-0.2, 0) is 4.74 Å². The van der Waals surface area contributed by atoms with E-state index >= 15 is 0 Å². The summed E-state index contributed by atoms with van der Waals surface area (Å²) in [5, 5.41) is 19.4. The molecule has 20 heavy (non-hydrogen) atoms. The fourth-order valence-corrected chi connectivity index (χ4v) is 2.21. The lowest BCUT2D eigenvalue weighted by molar-refractivity contribution is -0.122. The molecule has 9 heteroatoms. The zero-order valence-electron chi connectivity index (χ0n) is 10.5. The minimum Gasteiger partial charge on any atom is -0.391 e. The van der Waals surface area contributed by atoms with E-state index in [1.54, 1.807) is 0 Å². The van der Waals surface area contributed by atoms with Crippen LogP contribution < -0.4 is 11.4 Å². The molecule has 1 fully saturated rings. The van der Waals surface area contributed by atoms with Gasteiger partial charge in [-0.1, -0.05) is 0 Å². The van der Waals surface area contributed by atoms with Gasteiger partial charge in [0.25, 0.3) is 0 Å². The fourth-order valence-electron chi connectivity index (χ4n) is 2.21. The number of ether oxygens (including phenoxy) is 1. The fraction of sp³-hybridized carbons (Fsp3) is 0.545. The van der Waals surface area contributed by atoms with Gasteiger partial charge in [0, 0.05) is 6.20 Å². The summed E-state index contributed by atoms with van der Waals surface area (Å²) in [6.07, 6.45) is -1.32. The summed E-state index contributed by atoms with van der Waals surface area (Å²) in [4.78, 5) is 18.8. The van der Waals surface area contributed by atoms with Gasteiger partial charge in [0.2, 0.25) is 5.72 Å². The summed E-state index contributed by atoms with van der Waals surface area (Å²) >= 11 is 0. The lowest BCUT2D eigenvalue weighted by atomic mass is 9.97. The van der Waals surface area contributed by atoms with Crippen molar-refractivity contribution in [2.75, 3.05) is 19.0 Å². The Hall–Kier alpha value is -1.84. The molecular formula is C11H15FN4O4. The highest BCUT2D eigenvalue weighted by atomic mass is 19.1. The molecule has 1 aliphatic heterocycles. The first-order valence-corrected chi connectivity index (χ1v) is 5.84. The quantitative estimate of drug-likeness (QED) is 0.591. The molecule has 1 aliphatic rings. The van der Waals surface area contributed by atoms with Crippen molar-refractivity contribution in [1.82, 2.24) is 9.55 Å². The highest BCUT2D eigenvalue weighted by molar-refractivity contribution is 5.27. The first-order valence-electron chi connectivity index (χ1n) is 5.84. The molecule has 1 saturated heterocycles. The van der Waals surface area contributed by atoms with Crippen LogP contribution in [0.2, 0.25) is 0 Å². The highest BCUT2D eigenvalue weighted by Gasteiger charge is 2.55.